The Morgan fingerprint density at radius 1 is 1.07 bits per heavy atom. The summed E-state index contributed by atoms with van der Waals surface area (Å²) in [6.45, 7) is 4.95. The van der Waals surface area contributed by atoms with Gasteiger partial charge in [0.25, 0.3) is 5.91 Å². The number of amides is 1. The lowest BCUT2D eigenvalue weighted by atomic mass is 10.0. The summed E-state index contributed by atoms with van der Waals surface area (Å²) in [7, 11) is 1.66. The minimum absolute atomic E-state index is 0.231. The van der Waals surface area contributed by atoms with Gasteiger partial charge in [0.05, 0.1) is 12.7 Å². The molecular formula is C23H26N4O2. The van der Waals surface area contributed by atoms with Crippen molar-refractivity contribution < 1.29 is 9.53 Å². The molecule has 1 aromatic heterocycles. The molecule has 0 radical (unpaired) electrons. The number of hydrogen-bond donors (Lipinski definition) is 2. The molecule has 1 heterocycles. The Hall–Kier alpha value is -3.41. The molecule has 6 heteroatoms. The van der Waals surface area contributed by atoms with E-state index in [1.807, 2.05) is 48.5 Å². The van der Waals surface area contributed by atoms with E-state index in [2.05, 4.69) is 34.4 Å². The number of nitrogens with zero attached hydrogens (tertiary/aromatic N) is 2. The van der Waals surface area contributed by atoms with Gasteiger partial charge in [-0.15, -0.1) is 0 Å². The lowest BCUT2D eigenvalue weighted by Gasteiger charge is -2.09. The first-order chi connectivity index (χ1) is 14.0. The Labute approximate surface area is 171 Å². The van der Waals surface area contributed by atoms with E-state index in [-0.39, 0.29) is 5.91 Å². The molecule has 0 aliphatic rings. The van der Waals surface area contributed by atoms with Gasteiger partial charge in [-0.3, -0.25) is 4.79 Å². The third kappa shape index (κ3) is 5.78. The fourth-order valence-electron chi connectivity index (χ4n) is 2.84. The number of anilines is 2. The molecule has 2 N–H and O–H groups in total. The first-order valence-electron chi connectivity index (χ1n) is 9.65. The van der Waals surface area contributed by atoms with E-state index in [9.17, 15) is 4.79 Å². The zero-order chi connectivity index (χ0) is 20.6. The van der Waals surface area contributed by atoms with Gasteiger partial charge >= 0.3 is 0 Å². The van der Waals surface area contributed by atoms with Crippen molar-refractivity contribution in [1.82, 2.24) is 9.97 Å². The Morgan fingerprint density at radius 2 is 1.79 bits per heavy atom. The van der Waals surface area contributed by atoms with E-state index in [1.165, 1.54) is 18.0 Å². The highest BCUT2D eigenvalue weighted by Gasteiger charge is 2.08. The Bertz CT molecular complexity index is 938. The van der Waals surface area contributed by atoms with Gasteiger partial charge in [-0.1, -0.05) is 38.1 Å². The van der Waals surface area contributed by atoms with Crippen molar-refractivity contribution in [3.05, 3.63) is 77.6 Å². The number of carbonyl (C=O) groups excluding carboxylic acids is 1. The topological polar surface area (TPSA) is 76.1 Å². The summed E-state index contributed by atoms with van der Waals surface area (Å²) in [5.41, 5.74) is 3.56. The number of rotatable bonds is 8. The van der Waals surface area contributed by atoms with E-state index < -0.39 is 0 Å². The standard InChI is InChI=1S/C23H26N4O2/c1-16(2)18-7-9-20(10-8-18)27-22(28)19-14-25-23(26-15-19)24-12-11-17-5-4-6-21(13-17)29-3/h4-10,13-16H,11-12H2,1-3H3,(H,27,28)(H,24,25,26). The molecule has 0 atom stereocenters. The fraction of sp³-hybridized carbons (Fsp3) is 0.261. The molecule has 0 bridgehead atoms. The number of hydrogen-bond acceptors (Lipinski definition) is 5. The number of nitrogens with one attached hydrogen (secondary N) is 2. The van der Waals surface area contributed by atoms with E-state index in [0.717, 1.165) is 23.4 Å². The van der Waals surface area contributed by atoms with Crippen LogP contribution in [0.4, 0.5) is 11.6 Å². The fourth-order valence-corrected chi connectivity index (χ4v) is 2.84. The van der Waals surface area contributed by atoms with Crippen LogP contribution in [0.5, 0.6) is 5.75 Å². The number of methoxy groups -OCH3 is 1. The molecule has 150 valence electrons. The van der Waals surface area contributed by atoms with Gasteiger partial charge in [0.2, 0.25) is 5.95 Å². The largest absolute Gasteiger partial charge is 0.497 e. The monoisotopic (exact) mass is 390 g/mol. The van der Waals surface area contributed by atoms with Crippen molar-refractivity contribution >= 4 is 17.5 Å². The van der Waals surface area contributed by atoms with Crippen LogP contribution in [-0.4, -0.2) is 29.5 Å². The summed E-state index contributed by atoms with van der Waals surface area (Å²) < 4.78 is 5.23. The van der Waals surface area contributed by atoms with Crippen molar-refractivity contribution in [2.45, 2.75) is 26.2 Å². The maximum absolute atomic E-state index is 12.4. The third-order valence-electron chi connectivity index (χ3n) is 4.58. The van der Waals surface area contributed by atoms with Crippen LogP contribution in [0, 0.1) is 0 Å². The molecule has 2 aromatic carbocycles. The van der Waals surface area contributed by atoms with E-state index in [1.54, 1.807) is 7.11 Å². The summed E-state index contributed by atoms with van der Waals surface area (Å²) in [6.07, 6.45) is 3.87. The van der Waals surface area contributed by atoms with E-state index >= 15 is 0 Å². The van der Waals surface area contributed by atoms with Gasteiger partial charge in [-0.2, -0.15) is 0 Å². The first-order valence-corrected chi connectivity index (χ1v) is 9.65. The second-order valence-electron chi connectivity index (χ2n) is 7.05. The second-order valence-corrected chi connectivity index (χ2v) is 7.05. The molecule has 0 spiro atoms. The Morgan fingerprint density at radius 3 is 2.45 bits per heavy atom. The number of aromatic nitrogens is 2. The summed E-state index contributed by atoms with van der Waals surface area (Å²) >= 11 is 0. The average molecular weight is 390 g/mol. The lowest BCUT2D eigenvalue weighted by Crippen LogP contribution is -2.14. The van der Waals surface area contributed by atoms with Crippen LogP contribution in [0.2, 0.25) is 0 Å². The van der Waals surface area contributed by atoms with Gasteiger partial charge in [0.15, 0.2) is 0 Å². The van der Waals surface area contributed by atoms with Gasteiger partial charge in [-0.05, 0) is 47.7 Å². The highest BCUT2D eigenvalue weighted by molar-refractivity contribution is 6.03. The van der Waals surface area contributed by atoms with Gasteiger partial charge in [0, 0.05) is 24.6 Å². The van der Waals surface area contributed by atoms with Crippen LogP contribution >= 0.6 is 0 Å². The normalized spacial score (nSPS) is 10.6. The summed E-state index contributed by atoms with van der Waals surface area (Å²) in [6, 6.07) is 15.8. The van der Waals surface area contributed by atoms with Crippen molar-refractivity contribution in [3.8, 4) is 5.75 Å². The lowest BCUT2D eigenvalue weighted by molar-refractivity contribution is 0.102. The van der Waals surface area contributed by atoms with Crippen LogP contribution in [0.25, 0.3) is 0 Å². The van der Waals surface area contributed by atoms with Crippen LogP contribution in [0.15, 0.2) is 60.9 Å². The maximum atomic E-state index is 12.4. The quantitative estimate of drug-likeness (QED) is 0.592. The minimum Gasteiger partial charge on any atom is -0.497 e. The van der Waals surface area contributed by atoms with Crippen molar-refractivity contribution in [3.63, 3.8) is 0 Å². The molecule has 0 fully saturated rings. The average Bonchev–Trinajstić information content (AvgIpc) is 2.74. The van der Waals surface area contributed by atoms with Crippen molar-refractivity contribution in [2.24, 2.45) is 0 Å². The minimum atomic E-state index is -0.231. The van der Waals surface area contributed by atoms with Crippen molar-refractivity contribution in [2.75, 3.05) is 24.3 Å². The second kappa shape index (κ2) is 9.68. The third-order valence-corrected chi connectivity index (χ3v) is 4.58. The molecular weight excluding hydrogens is 364 g/mol. The highest BCUT2D eigenvalue weighted by Crippen LogP contribution is 2.18. The SMILES string of the molecule is COc1cccc(CCNc2ncc(C(=O)Nc3ccc(C(C)C)cc3)cn2)c1. The molecule has 29 heavy (non-hydrogen) atoms. The van der Waals surface area contributed by atoms with Gasteiger partial charge < -0.3 is 15.4 Å². The first kappa shape index (κ1) is 20.3. The molecule has 0 unspecified atom stereocenters. The zero-order valence-corrected chi connectivity index (χ0v) is 17.0. The molecule has 0 saturated heterocycles. The van der Waals surface area contributed by atoms with Crippen molar-refractivity contribution in [1.29, 1.82) is 0 Å². The summed E-state index contributed by atoms with van der Waals surface area (Å²) in [5.74, 6) is 1.56. The molecule has 0 aliphatic carbocycles. The molecule has 3 aromatic rings. The zero-order valence-electron chi connectivity index (χ0n) is 17.0. The number of benzene rings is 2. The molecule has 0 aliphatic heterocycles. The Balaban J connectivity index is 1.51. The van der Waals surface area contributed by atoms with Crippen LogP contribution in [0.1, 0.15) is 41.3 Å². The number of ether oxygens (including phenoxy) is 1. The molecule has 3 rings (SSSR count). The Kier molecular flexibility index (Phi) is 6.79. The van der Waals surface area contributed by atoms with Crippen LogP contribution in [0.3, 0.4) is 0 Å². The van der Waals surface area contributed by atoms with E-state index in [0.29, 0.717) is 24.0 Å². The summed E-state index contributed by atoms with van der Waals surface area (Å²) in [4.78, 5) is 20.9. The highest BCUT2D eigenvalue weighted by atomic mass is 16.5. The predicted octanol–water partition coefficient (Wildman–Crippen LogP) is 4.52. The molecule has 0 saturated carbocycles. The molecule has 1 amide bonds. The molecule has 6 nitrogen and oxygen atoms in total. The van der Waals surface area contributed by atoms with Gasteiger partial charge in [-0.25, -0.2) is 9.97 Å². The summed E-state index contributed by atoms with van der Waals surface area (Å²) in [5, 5.41) is 6.04. The smallest absolute Gasteiger partial charge is 0.258 e. The van der Waals surface area contributed by atoms with Gasteiger partial charge in [0.1, 0.15) is 5.75 Å². The van der Waals surface area contributed by atoms with Crippen LogP contribution in [-0.2, 0) is 6.42 Å². The van der Waals surface area contributed by atoms with E-state index in [4.69, 9.17) is 4.74 Å². The predicted molar refractivity (Wildman–Crippen MR) is 116 cm³/mol. The van der Waals surface area contributed by atoms with Crippen LogP contribution < -0.4 is 15.4 Å². The number of carbonyl (C=O) groups is 1. The maximum Gasteiger partial charge on any atom is 0.258 e.